The third-order valence-electron chi connectivity index (χ3n) is 6.55. The summed E-state index contributed by atoms with van der Waals surface area (Å²) >= 11 is 13.2. The molecule has 5 atom stereocenters. The number of nitrogens with zero attached hydrogens (tertiary/aromatic N) is 5. The molecule has 2 N–H and O–H groups in total. The van der Waals surface area contributed by atoms with E-state index in [9.17, 15) is 19.0 Å². The van der Waals surface area contributed by atoms with Crippen molar-refractivity contribution >= 4 is 40.8 Å². The van der Waals surface area contributed by atoms with Gasteiger partial charge in [0.2, 0.25) is 0 Å². The number of anilines is 1. The van der Waals surface area contributed by atoms with Crippen LogP contribution in [0.2, 0.25) is 10.0 Å². The summed E-state index contributed by atoms with van der Waals surface area (Å²) in [5.74, 6) is -1.18. The Morgan fingerprint density at radius 3 is 2.56 bits per heavy atom. The maximum Gasteiger partial charge on any atom is 0.145 e. The molecule has 2 aromatic heterocycles. The zero-order valence-corrected chi connectivity index (χ0v) is 22.9. The predicted octanol–water partition coefficient (Wildman–Crippen LogP) is 3.19. The number of aromatic nitrogens is 4. The lowest BCUT2D eigenvalue weighted by Gasteiger charge is -2.43. The summed E-state index contributed by atoms with van der Waals surface area (Å²) < 4.78 is 46.8. The Morgan fingerprint density at radius 1 is 1.18 bits per heavy atom. The van der Waals surface area contributed by atoms with Crippen LogP contribution >= 0.6 is 35.0 Å². The second kappa shape index (κ2) is 12.2. The highest BCUT2D eigenvalue weighted by Crippen LogP contribution is 2.42. The number of thioether (sulfide) groups is 1. The van der Waals surface area contributed by atoms with E-state index in [4.69, 9.17) is 37.4 Å². The SMILES string of the molecule is COC1C(n2cc(-c3cc(F)c(Cl)c(F)c3)nn2)[C@@H](O)C(CO)O[C@@H]1Sc1cc(Cl)cnc1N1CCOCC1. The van der Waals surface area contributed by atoms with Crippen LogP contribution in [-0.4, -0.2) is 94.0 Å². The van der Waals surface area contributed by atoms with Crippen LogP contribution in [0.4, 0.5) is 14.6 Å². The van der Waals surface area contributed by atoms with Gasteiger partial charge < -0.3 is 29.3 Å². The van der Waals surface area contributed by atoms with Gasteiger partial charge in [-0.15, -0.1) is 5.10 Å². The maximum atomic E-state index is 14.1. The lowest BCUT2D eigenvalue weighted by Crippen LogP contribution is -2.55. The summed E-state index contributed by atoms with van der Waals surface area (Å²) in [6.45, 7) is 1.94. The lowest BCUT2D eigenvalue weighted by atomic mass is 9.97. The normalized spacial score (nSPS) is 25.7. The second-order valence-electron chi connectivity index (χ2n) is 8.94. The molecule has 1 aromatic carbocycles. The van der Waals surface area contributed by atoms with E-state index in [1.807, 2.05) is 0 Å². The first kappa shape index (κ1) is 28.4. The molecule has 0 bridgehead atoms. The van der Waals surface area contributed by atoms with Crippen molar-refractivity contribution in [3.05, 3.63) is 52.3 Å². The van der Waals surface area contributed by atoms with E-state index in [0.717, 1.165) is 17.0 Å². The van der Waals surface area contributed by atoms with Gasteiger partial charge >= 0.3 is 0 Å². The maximum absolute atomic E-state index is 14.1. The quantitative estimate of drug-likeness (QED) is 0.390. The van der Waals surface area contributed by atoms with E-state index in [1.54, 1.807) is 12.3 Å². The number of halogens is 4. The number of hydrogen-bond acceptors (Lipinski definition) is 10. The molecule has 2 fully saturated rings. The van der Waals surface area contributed by atoms with Crippen LogP contribution in [0.25, 0.3) is 11.3 Å². The Labute approximate surface area is 236 Å². The van der Waals surface area contributed by atoms with Crippen LogP contribution in [0.1, 0.15) is 6.04 Å². The van der Waals surface area contributed by atoms with Crippen LogP contribution < -0.4 is 4.90 Å². The fourth-order valence-corrected chi connectivity index (χ4v) is 6.27. The number of pyridine rings is 1. The van der Waals surface area contributed by atoms with Gasteiger partial charge in [0.1, 0.15) is 58.0 Å². The number of ether oxygens (including phenoxy) is 3. The number of rotatable bonds is 7. The van der Waals surface area contributed by atoms with Crippen LogP contribution in [0.5, 0.6) is 0 Å². The predicted molar refractivity (Wildman–Crippen MR) is 140 cm³/mol. The van der Waals surface area contributed by atoms with Gasteiger partial charge in [0.15, 0.2) is 0 Å². The van der Waals surface area contributed by atoms with Gasteiger partial charge in [0, 0.05) is 32.0 Å². The Bertz CT molecular complexity index is 1290. The Morgan fingerprint density at radius 2 is 1.90 bits per heavy atom. The van der Waals surface area contributed by atoms with Gasteiger partial charge in [0.05, 0.1) is 35.9 Å². The minimum atomic E-state index is -1.25. The number of benzene rings is 1. The molecule has 3 aromatic rings. The summed E-state index contributed by atoms with van der Waals surface area (Å²) in [6, 6.07) is 2.98. The highest BCUT2D eigenvalue weighted by Gasteiger charge is 2.48. The molecule has 0 aliphatic carbocycles. The molecule has 5 rings (SSSR count). The minimum absolute atomic E-state index is 0.112. The number of aliphatic hydroxyl groups is 2. The summed E-state index contributed by atoms with van der Waals surface area (Å²) in [6.07, 6.45) is -0.0346. The van der Waals surface area contributed by atoms with Crippen molar-refractivity contribution in [2.45, 2.75) is 34.7 Å². The Kier molecular flexibility index (Phi) is 8.88. The molecule has 0 radical (unpaired) electrons. The molecule has 2 aliphatic rings. The van der Waals surface area contributed by atoms with Crippen molar-refractivity contribution in [2.75, 3.05) is 44.9 Å². The molecule has 3 unspecified atom stereocenters. The summed E-state index contributed by atoms with van der Waals surface area (Å²) in [5, 5.41) is 29.1. The Hall–Kier alpha value is -2.10. The number of methoxy groups -OCH3 is 1. The molecule has 0 spiro atoms. The van der Waals surface area contributed by atoms with Gasteiger partial charge in [-0.3, -0.25) is 0 Å². The van der Waals surface area contributed by atoms with Crippen molar-refractivity contribution in [2.24, 2.45) is 0 Å². The monoisotopic (exact) mass is 603 g/mol. The van der Waals surface area contributed by atoms with Crippen LogP contribution in [-0.2, 0) is 14.2 Å². The number of morpholine rings is 1. The minimum Gasteiger partial charge on any atom is -0.394 e. The van der Waals surface area contributed by atoms with E-state index in [0.29, 0.717) is 37.1 Å². The van der Waals surface area contributed by atoms with Crippen LogP contribution in [0, 0.1) is 11.6 Å². The van der Waals surface area contributed by atoms with E-state index in [-0.39, 0.29) is 11.3 Å². The van der Waals surface area contributed by atoms with E-state index >= 15 is 0 Å². The average Bonchev–Trinajstić information content (AvgIpc) is 3.42. The second-order valence-corrected chi connectivity index (χ2v) is 10.9. The topological polar surface area (TPSA) is 115 Å². The third kappa shape index (κ3) is 5.86. The molecule has 0 amide bonds. The van der Waals surface area contributed by atoms with Crippen molar-refractivity contribution in [1.82, 2.24) is 20.0 Å². The van der Waals surface area contributed by atoms with Crippen LogP contribution in [0.3, 0.4) is 0 Å². The molecule has 4 heterocycles. The standard InChI is InChI=1S/C24H25Cl2F2N5O5S/c1-36-22-20(33-10-16(30-31-33)12-6-14(27)19(26)15(28)7-12)21(35)17(11-34)38-24(22)39-18-8-13(25)9-29-23(18)32-2-4-37-5-3-32/h6-10,17,20-22,24,34-35H,2-5,11H2,1H3/t17?,20?,21-,22?,24+/m0/s1. The zero-order valence-electron chi connectivity index (χ0n) is 20.6. The molecule has 0 saturated carbocycles. The van der Waals surface area contributed by atoms with Gasteiger partial charge in [0.25, 0.3) is 0 Å². The van der Waals surface area contributed by atoms with Gasteiger partial charge in [-0.25, -0.2) is 18.4 Å². The van der Waals surface area contributed by atoms with Crippen molar-refractivity contribution in [3.8, 4) is 11.3 Å². The van der Waals surface area contributed by atoms with Crippen LogP contribution in [0.15, 0.2) is 35.5 Å². The molecule has 15 heteroatoms. The molecule has 10 nitrogen and oxygen atoms in total. The summed E-state index contributed by atoms with van der Waals surface area (Å²) in [4.78, 5) is 7.33. The fraction of sp³-hybridized carbons (Fsp3) is 0.458. The molecule has 2 saturated heterocycles. The zero-order chi connectivity index (χ0) is 27.7. The first-order valence-electron chi connectivity index (χ1n) is 12.0. The first-order valence-corrected chi connectivity index (χ1v) is 13.6. The summed E-state index contributed by atoms with van der Waals surface area (Å²) in [5.41, 5.74) is -0.476. The third-order valence-corrected chi connectivity index (χ3v) is 8.28. The number of hydrogen-bond donors (Lipinski definition) is 2. The fourth-order valence-electron chi connectivity index (χ4n) is 4.60. The highest BCUT2D eigenvalue weighted by atomic mass is 35.5. The summed E-state index contributed by atoms with van der Waals surface area (Å²) in [7, 11) is 1.46. The lowest BCUT2D eigenvalue weighted by molar-refractivity contribution is -0.186. The molecule has 2 aliphatic heterocycles. The van der Waals surface area contributed by atoms with Gasteiger partial charge in [-0.1, -0.05) is 40.2 Å². The number of aliphatic hydroxyl groups excluding tert-OH is 2. The van der Waals surface area contributed by atoms with Crippen molar-refractivity contribution in [1.29, 1.82) is 0 Å². The van der Waals surface area contributed by atoms with Crippen molar-refractivity contribution < 1.29 is 33.2 Å². The van der Waals surface area contributed by atoms with E-state index in [2.05, 4.69) is 20.2 Å². The smallest absolute Gasteiger partial charge is 0.145 e. The van der Waals surface area contributed by atoms with Crippen molar-refractivity contribution in [3.63, 3.8) is 0 Å². The molecular formula is C24H25Cl2F2N5O5S. The van der Waals surface area contributed by atoms with Gasteiger partial charge in [-0.05, 0) is 18.2 Å². The van der Waals surface area contributed by atoms with E-state index < -0.39 is 53.1 Å². The van der Waals surface area contributed by atoms with E-state index in [1.165, 1.54) is 29.8 Å². The van der Waals surface area contributed by atoms with Gasteiger partial charge in [-0.2, -0.15) is 0 Å². The average molecular weight is 604 g/mol. The largest absolute Gasteiger partial charge is 0.394 e. The molecular weight excluding hydrogens is 579 g/mol. The highest BCUT2D eigenvalue weighted by molar-refractivity contribution is 8.00. The first-order chi connectivity index (χ1) is 18.8. The molecule has 210 valence electrons. The molecule has 39 heavy (non-hydrogen) atoms. The Balaban J connectivity index is 1.47.